The Morgan fingerprint density at radius 2 is 1.80 bits per heavy atom. The number of rotatable bonds is 4. The van der Waals surface area contributed by atoms with Gasteiger partial charge in [-0.2, -0.15) is 4.99 Å². The first kappa shape index (κ1) is 20.1. The van der Waals surface area contributed by atoms with E-state index < -0.39 is 11.9 Å². The predicted molar refractivity (Wildman–Crippen MR) is 117 cm³/mol. The molecule has 0 N–H and O–H groups in total. The molecule has 4 rings (SSSR count). The molecule has 0 saturated carbocycles. The van der Waals surface area contributed by atoms with Crippen LogP contribution in [-0.4, -0.2) is 30.7 Å². The Balaban J connectivity index is 1.90. The van der Waals surface area contributed by atoms with Crippen LogP contribution in [0.2, 0.25) is 5.02 Å². The molecule has 3 aromatic carbocycles. The summed E-state index contributed by atoms with van der Waals surface area (Å²) in [5.41, 5.74) is 0.968. The molecule has 1 heterocycles. The third-order valence-electron chi connectivity index (χ3n) is 4.66. The number of para-hydroxylation sites is 1. The van der Waals surface area contributed by atoms with Gasteiger partial charge in [-0.3, -0.25) is 9.59 Å². The van der Waals surface area contributed by atoms with E-state index in [9.17, 15) is 9.59 Å². The highest BCUT2D eigenvalue weighted by Gasteiger charge is 2.17. The molecule has 6 nitrogen and oxygen atoms in total. The monoisotopic (exact) mass is 440 g/mol. The molecular weight excluding hydrogens is 424 g/mol. The van der Waals surface area contributed by atoms with Crippen molar-refractivity contribution < 1.29 is 19.1 Å². The average Bonchev–Trinajstić information content (AvgIpc) is 3.10. The maximum Gasteiger partial charge on any atom is 0.325 e. The molecule has 0 aliphatic rings. The molecule has 1 aromatic heterocycles. The van der Waals surface area contributed by atoms with Crippen molar-refractivity contribution in [1.82, 2.24) is 4.57 Å². The fourth-order valence-corrected chi connectivity index (χ4v) is 4.60. The zero-order valence-electron chi connectivity index (χ0n) is 16.2. The molecule has 0 saturated heterocycles. The fourth-order valence-electron chi connectivity index (χ4n) is 3.21. The van der Waals surface area contributed by atoms with Crippen molar-refractivity contribution in [1.29, 1.82) is 0 Å². The number of carbonyl (C=O) groups is 2. The Labute approximate surface area is 180 Å². The second-order valence-electron chi connectivity index (χ2n) is 6.45. The molecule has 1 amide bonds. The first-order valence-electron chi connectivity index (χ1n) is 9.02. The number of ether oxygens (including phenoxy) is 2. The number of thiazole rings is 1. The van der Waals surface area contributed by atoms with Crippen molar-refractivity contribution in [3.63, 3.8) is 0 Å². The van der Waals surface area contributed by atoms with Crippen LogP contribution in [0.1, 0.15) is 10.4 Å². The third kappa shape index (κ3) is 3.69. The second kappa shape index (κ2) is 8.30. The topological polar surface area (TPSA) is 69.9 Å². The predicted octanol–water partition coefficient (Wildman–Crippen LogP) is 4.43. The average molecular weight is 441 g/mol. The van der Waals surface area contributed by atoms with Crippen LogP contribution in [0, 0.1) is 0 Å². The van der Waals surface area contributed by atoms with Gasteiger partial charge in [0, 0.05) is 0 Å². The summed E-state index contributed by atoms with van der Waals surface area (Å²) in [4.78, 5) is 29.7. The highest BCUT2D eigenvalue weighted by atomic mass is 35.5. The van der Waals surface area contributed by atoms with E-state index in [-0.39, 0.29) is 6.54 Å². The quantitative estimate of drug-likeness (QED) is 0.440. The van der Waals surface area contributed by atoms with Gasteiger partial charge in [0.15, 0.2) is 4.80 Å². The second-order valence-corrected chi connectivity index (χ2v) is 7.87. The molecule has 0 radical (unpaired) electrons. The van der Waals surface area contributed by atoms with E-state index in [2.05, 4.69) is 4.99 Å². The SMILES string of the molecule is COC(=O)Cn1c(=NC(=O)c2cc3ccccc3cc2OC)sc2cccc(Cl)c21. The van der Waals surface area contributed by atoms with Crippen LogP contribution in [0.4, 0.5) is 0 Å². The molecular formula is C22H17ClN2O4S. The van der Waals surface area contributed by atoms with Crippen molar-refractivity contribution >= 4 is 55.8 Å². The molecule has 4 aromatic rings. The fraction of sp³-hybridized carbons (Fsp3) is 0.136. The molecule has 0 aliphatic heterocycles. The number of hydrogen-bond acceptors (Lipinski definition) is 5. The normalized spacial score (nSPS) is 11.8. The summed E-state index contributed by atoms with van der Waals surface area (Å²) in [7, 11) is 2.82. The standard InChI is InChI=1S/C22H17ClN2O4S/c1-28-17-11-14-7-4-3-6-13(14)10-15(17)21(27)24-22-25(12-19(26)29-2)20-16(23)8-5-9-18(20)30-22/h3-11H,12H2,1-2H3. The van der Waals surface area contributed by atoms with E-state index in [1.165, 1.54) is 25.6 Å². The van der Waals surface area contributed by atoms with Gasteiger partial charge < -0.3 is 14.0 Å². The molecule has 0 aliphatic carbocycles. The van der Waals surface area contributed by atoms with Crippen LogP contribution in [0.25, 0.3) is 21.0 Å². The molecule has 0 fully saturated rings. The van der Waals surface area contributed by atoms with E-state index in [4.69, 9.17) is 21.1 Å². The van der Waals surface area contributed by atoms with E-state index >= 15 is 0 Å². The molecule has 8 heteroatoms. The number of esters is 1. The highest BCUT2D eigenvalue weighted by Crippen LogP contribution is 2.28. The lowest BCUT2D eigenvalue weighted by molar-refractivity contribution is -0.141. The Morgan fingerprint density at radius 3 is 2.50 bits per heavy atom. The maximum absolute atomic E-state index is 13.1. The number of halogens is 1. The van der Waals surface area contributed by atoms with Crippen LogP contribution >= 0.6 is 22.9 Å². The lowest BCUT2D eigenvalue weighted by atomic mass is 10.1. The summed E-state index contributed by atoms with van der Waals surface area (Å²) in [5, 5.41) is 2.32. The first-order chi connectivity index (χ1) is 14.5. The van der Waals surface area contributed by atoms with Crippen LogP contribution in [-0.2, 0) is 16.1 Å². The summed E-state index contributed by atoms with van der Waals surface area (Å²) in [5.74, 6) is -0.508. The number of fused-ring (bicyclic) bond motifs is 2. The first-order valence-corrected chi connectivity index (χ1v) is 10.2. The van der Waals surface area contributed by atoms with Crippen molar-refractivity contribution in [2.45, 2.75) is 6.54 Å². The van der Waals surface area contributed by atoms with Crippen molar-refractivity contribution in [2.75, 3.05) is 14.2 Å². The summed E-state index contributed by atoms with van der Waals surface area (Å²) in [6.45, 7) is -0.110. The van der Waals surface area contributed by atoms with Gasteiger partial charge >= 0.3 is 5.97 Å². The van der Waals surface area contributed by atoms with Crippen molar-refractivity contribution in [2.24, 2.45) is 4.99 Å². The van der Waals surface area contributed by atoms with E-state index in [0.29, 0.717) is 26.7 Å². The maximum atomic E-state index is 13.1. The number of methoxy groups -OCH3 is 2. The van der Waals surface area contributed by atoms with Gasteiger partial charge in [0.1, 0.15) is 12.3 Å². The number of aromatic nitrogens is 1. The van der Waals surface area contributed by atoms with Crippen LogP contribution in [0.5, 0.6) is 5.75 Å². The molecule has 0 spiro atoms. The van der Waals surface area contributed by atoms with Crippen LogP contribution < -0.4 is 9.54 Å². The van der Waals surface area contributed by atoms with Crippen LogP contribution in [0.3, 0.4) is 0 Å². The number of amides is 1. The number of carbonyl (C=O) groups excluding carboxylic acids is 2. The van der Waals surface area contributed by atoms with E-state index in [1.807, 2.05) is 42.5 Å². The van der Waals surface area contributed by atoms with Crippen molar-refractivity contribution in [3.05, 3.63) is 70.0 Å². The zero-order chi connectivity index (χ0) is 21.3. The summed E-state index contributed by atoms with van der Waals surface area (Å²) in [6, 6.07) is 16.6. The van der Waals surface area contributed by atoms with E-state index in [1.54, 1.807) is 16.7 Å². The largest absolute Gasteiger partial charge is 0.496 e. The minimum Gasteiger partial charge on any atom is -0.496 e. The minimum atomic E-state index is -0.473. The van der Waals surface area contributed by atoms with Gasteiger partial charge in [-0.05, 0) is 35.0 Å². The Bertz CT molecular complexity index is 1360. The molecule has 0 atom stereocenters. The molecule has 152 valence electrons. The number of nitrogens with zero attached hydrogens (tertiary/aromatic N) is 2. The Hall–Kier alpha value is -3.16. The summed E-state index contributed by atoms with van der Waals surface area (Å²) in [6.07, 6.45) is 0. The van der Waals surface area contributed by atoms with Gasteiger partial charge in [0.05, 0.1) is 35.0 Å². The van der Waals surface area contributed by atoms with E-state index in [0.717, 1.165) is 15.5 Å². The Kier molecular flexibility index (Phi) is 5.57. The van der Waals surface area contributed by atoms with Gasteiger partial charge in [0.25, 0.3) is 5.91 Å². The summed E-state index contributed by atoms with van der Waals surface area (Å²) >= 11 is 7.63. The highest BCUT2D eigenvalue weighted by molar-refractivity contribution is 7.16. The molecule has 0 unspecified atom stereocenters. The summed E-state index contributed by atoms with van der Waals surface area (Å²) < 4.78 is 12.6. The van der Waals surface area contributed by atoms with Crippen LogP contribution in [0.15, 0.2) is 59.6 Å². The lowest BCUT2D eigenvalue weighted by Gasteiger charge is -2.08. The van der Waals surface area contributed by atoms with Gasteiger partial charge in [-0.15, -0.1) is 0 Å². The lowest BCUT2D eigenvalue weighted by Crippen LogP contribution is -2.22. The van der Waals surface area contributed by atoms with Gasteiger partial charge in [-0.25, -0.2) is 0 Å². The number of benzene rings is 3. The van der Waals surface area contributed by atoms with Gasteiger partial charge in [0.2, 0.25) is 0 Å². The molecule has 30 heavy (non-hydrogen) atoms. The Morgan fingerprint density at radius 1 is 1.07 bits per heavy atom. The zero-order valence-corrected chi connectivity index (χ0v) is 17.8. The smallest absolute Gasteiger partial charge is 0.325 e. The minimum absolute atomic E-state index is 0.110. The van der Waals surface area contributed by atoms with Gasteiger partial charge in [-0.1, -0.05) is 53.3 Å². The molecule has 0 bridgehead atoms. The van der Waals surface area contributed by atoms with Crippen molar-refractivity contribution in [3.8, 4) is 5.75 Å². The number of hydrogen-bond donors (Lipinski definition) is 0. The third-order valence-corrected chi connectivity index (χ3v) is 6.01.